The lowest BCUT2D eigenvalue weighted by atomic mass is 9.92. The van der Waals surface area contributed by atoms with Crippen LogP contribution in [0.3, 0.4) is 0 Å². The fourth-order valence-corrected chi connectivity index (χ4v) is 3.29. The van der Waals surface area contributed by atoms with Crippen molar-refractivity contribution in [2.24, 2.45) is 5.92 Å². The van der Waals surface area contributed by atoms with Gasteiger partial charge in [-0.1, -0.05) is 37.5 Å². The first-order valence-electron chi connectivity index (χ1n) is 7.47. The van der Waals surface area contributed by atoms with E-state index < -0.39 is 0 Å². The van der Waals surface area contributed by atoms with Crippen LogP contribution in [0.2, 0.25) is 0 Å². The zero-order chi connectivity index (χ0) is 12.2. The van der Waals surface area contributed by atoms with Crippen LogP contribution in [0.4, 0.5) is 5.69 Å². The molecule has 1 saturated carbocycles. The lowest BCUT2D eigenvalue weighted by Crippen LogP contribution is -2.38. The van der Waals surface area contributed by atoms with E-state index in [1.807, 2.05) is 0 Å². The maximum Gasteiger partial charge on any atom is 0.0372 e. The van der Waals surface area contributed by atoms with Gasteiger partial charge in [0.25, 0.3) is 0 Å². The lowest BCUT2D eigenvalue weighted by Gasteiger charge is -2.29. The molecule has 0 spiro atoms. The molecule has 0 aromatic heterocycles. The van der Waals surface area contributed by atoms with Gasteiger partial charge < -0.3 is 10.6 Å². The predicted molar refractivity (Wildman–Crippen MR) is 77.0 cm³/mol. The molecule has 2 N–H and O–H groups in total. The minimum Gasteiger partial charge on any atom is -0.384 e. The molecule has 0 saturated heterocycles. The Morgan fingerprint density at radius 3 is 2.83 bits per heavy atom. The first-order chi connectivity index (χ1) is 8.92. The largest absolute Gasteiger partial charge is 0.384 e. The summed E-state index contributed by atoms with van der Waals surface area (Å²) in [5, 5.41) is 7.34. The van der Waals surface area contributed by atoms with E-state index in [1.54, 1.807) is 0 Å². The molecular formula is C16H24N2. The van der Waals surface area contributed by atoms with Crippen molar-refractivity contribution >= 4 is 5.69 Å². The van der Waals surface area contributed by atoms with Crippen molar-refractivity contribution in [1.82, 2.24) is 5.32 Å². The Kier molecular flexibility index (Phi) is 3.84. The summed E-state index contributed by atoms with van der Waals surface area (Å²) in [6.07, 6.45) is 8.28. The van der Waals surface area contributed by atoms with Crippen molar-refractivity contribution in [3.63, 3.8) is 0 Å². The minimum absolute atomic E-state index is 0.752. The fraction of sp³-hybridized carbons (Fsp3) is 0.625. The number of hydrogen-bond donors (Lipinski definition) is 2. The summed E-state index contributed by atoms with van der Waals surface area (Å²) in [4.78, 5) is 0. The van der Waals surface area contributed by atoms with Gasteiger partial charge in [0.05, 0.1) is 0 Å². The van der Waals surface area contributed by atoms with E-state index in [4.69, 9.17) is 0 Å². The average molecular weight is 244 g/mol. The van der Waals surface area contributed by atoms with Gasteiger partial charge in [-0.3, -0.25) is 0 Å². The molecule has 1 aromatic carbocycles. The summed E-state index contributed by atoms with van der Waals surface area (Å²) in [6.45, 7) is 2.29. The van der Waals surface area contributed by atoms with Crippen LogP contribution in [-0.2, 0) is 6.42 Å². The van der Waals surface area contributed by atoms with Crippen LogP contribution in [-0.4, -0.2) is 19.1 Å². The van der Waals surface area contributed by atoms with E-state index >= 15 is 0 Å². The molecule has 2 heteroatoms. The molecule has 1 fully saturated rings. The summed E-state index contributed by atoms with van der Waals surface area (Å²) in [5.41, 5.74) is 2.82. The number of benzene rings is 1. The number of nitrogens with one attached hydrogen (secondary N) is 2. The maximum atomic E-state index is 3.78. The number of para-hydroxylation sites is 1. The van der Waals surface area contributed by atoms with E-state index in [0.29, 0.717) is 0 Å². The van der Waals surface area contributed by atoms with Crippen molar-refractivity contribution in [2.75, 3.05) is 18.4 Å². The van der Waals surface area contributed by atoms with E-state index in [9.17, 15) is 0 Å². The number of fused-ring (bicyclic) bond motifs is 1. The normalized spacial score (nSPS) is 24.3. The Balaban J connectivity index is 1.50. The molecule has 1 heterocycles. The third-order valence-electron chi connectivity index (χ3n) is 4.41. The van der Waals surface area contributed by atoms with Crippen LogP contribution in [0, 0.1) is 5.92 Å². The van der Waals surface area contributed by atoms with Gasteiger partial charge in [-0.15, -0.1) is 0 Å². The van der Waals surface area contributed by atoms with E-state index in [-0.39, 0.29) is 0 Å². The maximum absolute atomic E-state index is 3.78. The Bertz CT molecular complexity index is 382. The first-order valence-corrected chi connectivity index (χ1v) is 7.47. The van der Waals surface area contributed by atoms with E-state index in [2.05, 4.69) is 34.9 Å². The van der Waals surface area contributed by atoms with E-state index in [0.717, 1.165) is 18.5 Å². The smallest absolute Gasteiger partial charge is 0.0372 e. The van der Waals surface area contributed by atoms with Gasteiger partial charge in [-0.05, 0) is 36.8 Å². The highest BCUT2D eigenvalue weighted by atomic mass is 14.9. The zero-order valence-corrected chi connectivity index (χ0v) is 11.1. The van der Waals surface area contributed by atoms with Gasteiger partial charge in [-0.25, -0.2) is 0 Å². The van der Waals surface area contributed by atoms with Gasteiger partial charge in [0.1, 0.15) is 0 Å². The Hall–Kier alpha value is -1.02. The molecular weight excluding hydrogens is 220 g/mol. The van der Waals surface area contributed by atoms with Crippen LogP contribution >= 0.6 is 0 Å². The second kappa shape index (κ2) is 5.75. The average Bonchev–Trinajstić information content (AvgIpc) is 2.46. The van der Waals surface area contributed by atoms with Gasteiger partial charge in [0.2, 0.25) is 0 Å². The fourth-order valence-electron chi connectivity index (χ4n) is 3.29. The quantitative estimate of drug-likeness (QED) is 0.853. The summed E-state index contributed by atoms with van der Waals surface area (Å²) < 4.78 is 0. The summed E-state index contributed by atoms with van der Waals surface area (Å²) in [7, 11) is 0. The molecule has 0 bridgehead atoms. The standard InChI is InChI=1S/C16H24N2/c1-2-7-15(8-3-1)17-11-13-10-14-6-4-5-9-16(14)18-12-13/h4-6,9,13,15,17-18H,1-3,7-8,10-12H2. The molecule has 18 heavy (non-hydrogen) atoms. The van der Waals surface area contributed by atoms with Crippen LogP contribution in [0.1, 0.15) is 37.7 Å². The second-order valence-electron chi connectivity index (χ2n) is 5.85. The molecule has 1 aromatic rings. The van der Waals surface area contributed by atoms with Crippen LogP contribution in [0.15, 0.2) is 24.3 Å². The molecule has 0 amide bonds. The highest BCUT2D eigenvalue weighted by molar-refractivity contribution is 5.53. The molecule has 2 nitrogen and oxygen atoms in total. The highest BCUT2D eigenvalue weighted by Gasteiger charge is 2.19. The topological polar surface area (TPSA) is 24.1 Å². The third kappa shape index (κ3) is 2.86. The van der Waals surface area contributed by atoms with Crippen LogP contribution in [0.25, 0.3) is 0 Å². The minimum atomic E-state index is 0.752. The summed E-state index contributed by atoms with van der Waals surface area (Å²) in [6, 6.07) is 9.51. The molecule has 3 rings (SSSR count). The van der Waals surface area contributed by atoms with Crippen molar-refractivity contribution in [3.05, 3.63) is 29.8 Å². The SMILES string of the molecule is c1ccc2c(c1)CC(CNC1CCCCC1)CN2. The summed E-state index contributed by atoms with van der Waals surface area (Å²) >= 11 is 0. The third-order valence-corrected chi connectivity index (χ3v) is 4.41. The highest BCUT2D eigenvalue weighted by Crippen LogP contribution is 2.24. The van der Waals surface area contributed by atoms with Crippen molar-refractivity contribution < 1.29 is 0 Å². The number of rotatable bonds is 3. The monoisotopic (exact) mass is 244 g/mol. The van der Waals surface area contributed by atoms with E-state index in [1.165, 1.54) is 56.3 Å². The lowest BCUT2D eigenvalue weighted by molar-refractivity contribution is 0.347. The number of hydrogen-bond acceptors (Lipinski definition) is 2. The Morgan fingerprint density at radius 2 is 1.94 bits per heavy atom. The number of anilines is 1. The molecule has 98 valence electrons. The Morgan fingerprint density at radius 1 is 1.11 bits per heavy atom. The summed E-state index contributed by atoms with van der Waals surface area (Å²) in [5.74, 6) is 0.752. The predicted octanol–water partition coefficient (Wildman–Crippen LogP) is 3.19. The molecule has 1 unspecified atom stereocenters. The zero-order valence-electron chi connectivity index (χ0n) is 11.1. The second-order valence-corrected chi connectivity index (χ2v) is 5.85. The van der Waals surface area contributed by atoms with Gasteiger partial charge in [0.15, 0.2) is 0 Å². The van der Waals surface area contributed by atoms with Crippen LogP contribution < -0.4 is 10.6 Å². The first kappa shape index (κ1) is 12.0. The van der Waals surface area contributed by atoms with Crippen molar-refractivity contribution in [3.8, 4) is 0 Å². The van der Waals surface area contributed by atoms with Gasteiger partial charge >= 0.3 is 0 Å². The van der Waals surface area contributed by atoms with Gasteiger partial charge in [-0.2, -0.15) is 0 Å². The molecule has 1 aliphatic heterocycles. The van der Waals surface area contributed by atoms with Crippen LogP contribution in [0.5, 0.6) is 0 Å². The Labute approximate surface area is 110 Å². The van der Waals surface area contributed by atoms with Crippen molar-refractivity contribution in [1.29, 1.82) is 0 Å². The molecule has 2 aliphatic rings. The molecule has 1 atom stereocenters. The van der Waals surface area contributed by atoms with Gasteiger partial charge in [0, 0.05) is 24.8 Å². The van der Waals surface area contributed by atoms with Crippen molar-refractivity contribution in [2.45, 2.75) is 44.6 Å². The molecule has 1 aliphatic carbocycles. The molecule has 0 radical (unpaired) electrons.